The van der Waals surface area contributed by atoms with Crippen LogP contribution in [0.1, 0.15) is 146 Å². The van der Waals surface area contributed by atoms with Crippen molar-refractivity contribution >= 4 is 70.6 Å². The maximum atomic E-state index is 12.3. The Morgan fingerprint density at radius 3 is 1.54 bits per heavy atom. The number of ketones is 3. The van der Waals surface area contributed by atoms with Crippen LogP contribution < -0.4 is 27.0 Å². The standard InChI is InChI=1S/C43H74N4O17S.C4H9NO.3CH4/c1-2-32(36(50)26-33(27-48)42(57)58)30-65-31-40(54)45-18-17-44-38(52)28-64-25-23-62-21-19-46-39(53)29-63-24-22-61-20-11-12-34(49)15-16-35(43(59)60)47-37(51)13-9-7-5-3-4-6-8-10-14-41(55)56;1-3(5)4(2)6;;;/h32-33,35,48H,2-31H2,1H3,(H,44,52)(H,45,54)(H,46,53)(H,47,51)(H,55,56)(H,57,58)(H,59,60);3H,5H2,1-2H3;3*1H4/t32-,33-,35-;3-;;;/m00.../s1. The zero-order chi connectivity index (χ0) is 53.7. The molecule has 23 nitrogen and oxygen atoms in total. The Morgan fingerprint density at radius 2 is 1.05 bits per heavy atom. The second kappa shape index (κ2) is 53.2. The molecule has 0 unspecified atom stereocenters. The van der Waals surface area contributed by atoms with Gasteiger partial charge in [-0.1, -0.05) is 67.7 Å². The maximum Gasteiger partial charge on any atom is 0.326 e. The van der Waals surface area contributed by atoms with Gasteiger partial charge in [0.2, 0.25) is 23.6 Å². The Morgan fingerprint density at radius 1 is 0.568 bits per heavy atom. The summed E-state index contributed by atoms with van der Waals surface area (Å²) in [7, 11) is 0. The van der Waals surface area contributed by atoms with Crippen molar-refractivity contribution in [3.63, 3.8) is 0 Å². The van der Waals surface area contributed by atoms with Crippen LogP contribution in [0.15, 0.2) is 0 Å². The summed E-state index contributed by atoms with van der Waals surface area (Å²) < 4.78 is 21.3. The number of ether oxygens (including phenoxy) is 4. The molecule has 434 valence electrons. The molecule has 4 atom stereocenters. The molecule has 0 aromatic carbocycles. The van der Waals surface area contributed by atoms with Gasteiger partial charge < -0.3 is 66.4 Å². The summed E-state index contributed by atoms with van der Waals surface area (Å²) in [5, 5.41) is 46.7. The van der Waals surface area contributed by atoms with Crippen LogP contribution in [0, 0.1) is 11.8 Å². The van der Waals surface area contributed by atoms with E-state index in [2.05, 4.69) is 21.3 Å². The smallest absolute Gasteiger partial charge is 0.326 e. The Bertz CT molecular complexity index is 1560. The second-order valence-corrected chi connectivity index (χ2v) is 17.7. The van der Waals surface area contributed by atoms with E-state index in [9.17, 15) is 53.1 Å². The van der Waals surface area contributed by atoms with Gasteiger partial charge in [-0.2, -0.15) is 11.8 Å². The van der Waals surface area contributed by atoms with E-state index >= 15 is 0 Å². The van der Waals surface area contributed by atoms with Gasteiger partial charge in [0.05, 0.1) is 57.4 Å². The van der Waals surface area contributed by atoms with E-state index in [0.717, 1.165) is 38.5 Å². The number of rotatable bonds is 47. The normalized spacial score (nSPS) is 12.0. The maximum absolute atomic E-state index is 12.3. The average Bonchev–Trinajstić information content (AvgIpc) is 3.31. The van der Waals surface area contributed by atoms with E-state index in [1.807, 2.05) is 0 Å². The van der Waals surface area contributed by atoms with Gasteiger partial charge >= 0.3 is 17.9 Å². The van der Waals surface area contributed by atoms with Crippen LogP contribution in [0.3, 0.4) is 0 Å². The number of Topliss-reactive ketones (excluding diaryl/α,β-unsaturated/α-hetero) is 3. The van der Waals surface area contributed by atoms with Crippen LogP contribution in [0.25, 0.3) is 0 Å². The Labute approximate surface area is 444 Å². The van der Waals surface area contributed by atoms with Crippen LogP contribution in [0.5, 0.6) is 0 Å². The van der Waals surface area contributed by atoms with Crippen LogP contribution in [0.2, 0.25) is 0 Å². The Hall–Kier alpha value is -4.59. The van der Waals surface area contributed by atoms with E-state index in [-0.39, 0.29) is 186 Å². The highest BCUT2D eigenvalue weighted by Crippen LogP contribution is 2.18. The lowest BCUT2D eigenvalue weighted by Crippen LogP contribution is -2.41. The summed E-state index contributed by atoms with van der Waals surface area (Å²) in [4.78, 5) is 116. The van der Waals surface area contributed by atoms with Crippen LogP contribution in [-0.2, 0) is 66.9 Å². The summed E-state index contributed by atoms with van der Waals surface area (Å²) in [6.45, 7) is 5.70. The molecule has 0 radical (unpaired) electrons. The highest BCUT2D eigenvalue weighted by Gasteiger charge is 2.25. The molecular formula is C50H95N5O18S. The van der Waals surface area contributed by atoms with E-state index in [1.54, 1.807) is 13.8 Å². The fourth-order valence-electron chi connectivity index (χ4n) is 5.91. The van der Waals surface area contributed by atoms with Gasteiger partial charge in [-0.25, -0.2) is 4.79 Å². The number of unbranched alkanes of at least 4 members (excludes halogenated alkanes) is 7. The molecule has 4 amide bonds. The first kappa shape index (κ1) is 78.3. The molecule has 0 fully saturated rings. The molecule has 0 aliphatic heterocycles. The Kier molecular flexibility index (Phi) is 56.3. The predicted octanol–water partition coefficient (Wildman–Crippen LogP) is 3.33. The minimum absolute atomic E-state index is 0. The largest absolute Gasteiger partial charge is 0.481 e. The third kappa shape index (κ3) is 50.9. The fraction of sp³-hybridized carbons (Fsp3) is 0.800. The number of carbonyl (C=O) groups excluding carboxylic acids is 7. The first-order chi connectivity index (χ1) is 33.8. The van der Waals surface area contributed by atoms with Gasteiger partial charge in [0, 0.05) is 70.0 Å². The van der Waals surface area contributed by atoms with Crippen molar-refractivity contribution in [2.75, 3.05) is 90.6 Å². The molecule has 24 heteroatoms. The van der Waals surface area contributed by atoms with E-state index in [4.69, 9.17) is 40.0 Å². The van der Waals surface area contributed by atoms with Gasteiger partial charge in [-0.3, -0.25) is 43.2 Å². The van der Waals surface area contributed by atoms with Crippen LogP contribution in [0.4, 0.5) is 0 Å². The molecule has 0 bridgehead atoms. The SMILES string of the molecule is C.C.C.CC(=O)[C@H](C)N.CC[C@@H](CSCC(=O)NCCNC(=O)COCCOCCNC(=O)COCCOCCCC(=O)CC[C@H](NC(=O)CCCCCCCCCCC(=O)O)C(=O)O)C(=O)C[C@@H](CO)C(=O)O. The second-order valence-electron chi connectivity index (χ2n) is 16.6. The highest BCUT2D eigenvalue weighted by molar-refractivity contribution is 7.99. The topological polar surface area (TPSA) is 363 Å². The minimum Gasteiger partial charge on any atom is -0.481 e. The number of amides is 4. The zero-order valence-electron chi connectivity index (χ0n) is 42.0. The fourth-order valence-corrected chi connectivity index (χ4v) is 7.02. The van der Waals surface area contributed by atoms with E-state index in [1.165, 1.54) is 18.7 Å². The van der Waals surface area contributed by atoms with Crippen molar-refractivity contribution in [3.05, 3.63) is 0 Å². The lowest BCUT2D eigenvalue weighted by Gasteiger charge is -2.15. The minimum atomic E-state index is -1.23. The monoisotopic (exact) mass is 1090 g/mol. The van der Waals surface area contributed by atoms with Gasteiger partial charge in [0.25, 0.3) is 0 Å². The number of thioether (sulfide) groups is 1. The molecule has 0 rings (SSSR count). The third-order valence-corrected chi connectivity index (χ3v) is 11.4. The lowest BCUT2D eigenvalue weighted by molar-refractivity contribution is -0.145. The summed E-state index contributed by atoms with van der Waals surface area (Å²) in [6.07, 6.45) is 8.27. The Balaban J connectivity index is -0.00000165. The molecule has 0 aromatic rings. The number of aliphatic carboxylic acids is 3. The van der Waals surface area contributed by atoms with Gasteiger partial charge in [0.1, 0.15) is 36.6 Å². The third-order valence-electron chi connectivity index (χ3n) is 10.3. The van der Waals surface area contributed by atoms with Crippen LogP contribution >= 0.6 is 11.8 Å². The molecule has 0 heterocycles. The molecule has 0 aromatic heterocycles. The van der Waals surface area contributed by atoms with Gasteiger partial charge in [-0.05, 0) is 46.0 Å². The van der Waals surface area contributed by atoms with Crippen molar-refractivity contribution < 1.29 is 87.3 Å². The van der Waals surface area contributed by atoms with Gasteiger partial charge in [-0.15, -0.1) is 0 Å². The summed E-state index contributed by atoms with van der Waals surface area (Å²) in [5.74, 6) is -6.06. The van der Waals surface area contributed by atoms with Crippen molar-refractivity contribution in [1.82, 2.24) is 21.3 Å². The quantitative estimate of drug-likeness (QED) is 0.0395. The number of aliphatic hydroxyl groups is 1. The number of aliphatic hydroxyl groups excluding tert-OH is 1. The number of hydrogen-bond acceptors (Lipinski definition) is 17. The van der Waals surface area contributed by atoms with Crippen molar-refractivity contribution in [2.24, 2.45) is 17.6 Å². The molecule has 74 heavy (non-hydrogen) atoms. The van der Waals surface area contributed by atoms with Crippen molar-refractivity contribution in [2.45, 2.75) is 158 Å². The molecule has 0 aliphatic rings. The molecule has 0 aliphatic carbocycles. The summed E-state index contributed by atoms with van der Waals surface area (Å²) >= 11 is 1.24. The number of nitrogens with two attached hydrogens (primary N) is 1. The first-order valence-corrected chi connectivity index (χ1v) is 25.6. The number of hydrogen-bond donors (Lipinski definition) is 9. The zero-order valence-corrected chi connectivity index (χ0v) is 42.8. The number of carbonyl (C=O) groups is 10. The van der Waals surface area contributed by atoms with Crippen molar-refractivity contribution in [1.29, 1.82) is 0 Å². The predicted molar refractivity (Wildman–Crippen MR) is 283 cm³/mol. The molecule has 10 N–H and O–H groups in total. The number of carboxylic acid groups (broad SMARTS) is 3. The lowest BCUT2D eigenvalue weighted by atomic mass is 9.94. The van der Waals surface area contributed by atoms with E-state index < -0.39 is 42.4 Å². The van der Waals surface area contributed by atoms with Crippen molar-refractivity contribution in [3.8, 4) is 0 Å². The van der Waals surface area contributed by atoms with Gasteiger partial charge in [0.15, 0.2) is 0 Å². The summed E-state index contributed by atoms with van der Waals surface area (Å²) in [6, 6.07) is -1.43. The molecule has 0 saturated carbocycles. The van der Waals surface area contributed by atoms with Crippen LogP contribution in [-0.4, -0.2) is 182 Å². The number of carboxylic acids is 3. The number of nitrogens with one attached hydrogen (secondary N) is 4. The summed E-state index contributed by atoms with van der Waals surface area (Å²) in [5.41, 5.74) is 5.09. The molecular weight excluding hydrogens is 991 g/mol. The molecule has 0 saturated heterocycles. The molecule has 0 spiro atoms. The average molecular weight is 1090 g/mol. The first-order valence-electron chi connectivity index (χ1n) is 24.4. The highest BCUT2D eigenvalue weighted by atomic mass is 32.2. The van der Waals surface area contributed by atoms with E-state index in [0.29, 0.717) is 31.4 Å².